The Balaban J connectivity index is 1.89. The fraction of sp³-hybridized carbons (Fsp3) is 0.778. The van der Waals surface area contributed by atoms with E-state index in [1.165, 1.54) is 0 Å². The van der Waals surface area contributed by atoms with Crippen molar-refractivity contribution in [1.29, 1.82) is 0 Å². The minimum Gasteiger partial charge on any atom is -0.462 e. The number of rotatable bonds is 2. The van der Waals surface area contributed by atoms with Crippen LogP contribution in [0.5, 0.6) is 0 Å². The van der Waals surface area contributed by atoms with Crippen molar-refractivity contribution in [1.82, 2.24) is 0 Å². The summed E-state index contributed by atoms with van der Waals surface area (Å²) >= 11 is 5.35. The van der Waals surface area contributed by atoms with Crippen molar-refractivity contribution in [2.24, 2.45) is 11.8 Å². The fourth-order valence-electron chi connectivity index (χ4n) is 1.92. The lowest BCUT2D eigenvalue weighted by atomic mass is 10.0. The average Bonchev–Trinajstić information content (AvgIpc) is 2.82. The summed E-state index contributed by atoms with van der Waals surface area (Å²) in [6, 6.07) is 0. The predicted molar refractivity (Wildman–Crippen MR) is 46.2 cm³/mol. The van der Waals surface area contributed by atoms with E-state index in [1.807, 2.05) is 0 Å². The molecule has 2 fully saturated rings. The molecule has 0 aromatic heterocycles. The van der Waals surface area contributed by atoms with E-state index < -0.39 is 0 Å². The molecule has 0 spiro atoms. The monoisotopic (exact) mass is 202 g/mol. The second-order valence-corrected chi connectivity index (χ2v) is 4.10. The van der Waals surface area contributed by atoms with Gasteiger partial charge in [-0.2, -0.15) is 0 Å². The highest BCUT2D eigenvalue weighted by atomic mass is 35.5. The standard InChI is InChI=1S/C9H11ClO3/c10-9(12)6-4-5(6)7-2-1-3-8(11)13-7/h5-7H,1-4H2/t5-,6-,7+/m0/s1. The quantitative estimate of drug-likeness (QED) is 0.503. The number of halogens is 1. The van der Waals surface area contributed by atoms with E-state index in [0.717, 1.165) is 19.3 Å². The summed E-state index contributed by atoms with van der Waals surface area (Å²) in [5.41, 5.74) is 0. The molecule has 3 atom stereocenters. The van der Waals surface area contributed by atoms with Gasteiger partial charge in [0.05, 0.1) is 0 Å². The van der Waals surface area contributed by atoms with Gasteiger partial charge in [0, 0.05) is 18.3 Å². The molecule has 0 aromatic rings. The number of carbonyl (C=O) groups is 2. The van der Waals surface area contributed by atoms with Gasteiger partial charge in [-0.25, -0.2) is 0 Å². The third-order valence-electron chi connectivity index (χ3n) is 2.76. The first-order chi connectivity index (χ1) is 6.18. The Bertz CT molecular complexity index is 251. The number of carbonyl (C=O) groups excluding carboxylic acids is 2. The van der Waals surface area contributed by atoms with Crippen LogP contribution in [-0.4, -0.2) is 17.3 Å². The van der Waals surface area contributed by atoms with E-state index in [-0.39, 0.29) is 29.2 Å². The van der Waals surface area contributed by atoms with E-state index in [2.05, 4.69) is 0 Å². The normalized spacial score (nSPS) is 38.2. The van der Waals surface area contributed by atoms with E-state index in [9.17, 15) is 9.59 Å². The molecule has 1 saturated heterocycles. The Morgan fingerprint density at radius 3 is 2.85 bits per heavy atom. The van der Waals surface area contributed by atoms with Crippen LogP contribution < -0.4 is 0 Å². The molecule has 1 aliphatic heterocycles. The number of ether oxygens (including phenoxy) is 1. The van der Waals surface area contributed by atoms with Crippen LogP contribution in [0.25, 0.3) is 0 Å². The van der Waals surface area contributed by atoms with E-state index in [4.69, 9.17) is 16.3 Å². The number of esters is 1. The van der Waals surface area contributed by atoms with Crippen LogP contribution in [0.1, 0.15) is 25.7 Å². The van der Waals surface area contributed by atoms with Crippen LogP contribution in [0.15, 0.2) is 0 Å². The first-order valence-electron chi connectivity index (χ1n) is 4.57. The Hall–Kier alpha value is -0.570. The van der Waals surface area contributed by atoms with Crippen LogP contribution in [0, 0.1) is 11.8 Å². The Morgan fingerprint density at radius 1 is 1.54 bits per heavy atom. The summed E-state index contributed by atoms with van der Waals surface area (Å²) in [4.78, 5) is 21.7. The van der Waals surface area contributed by atoms with Gasteiger partial charge < -0.3 is 4.74 Å². The lowest BCUT2D eigenvalue weighted by molar-refractivity contribution is -0.155. The van der Waals surface area contributed by atoms with Crippen molar-refractivity contribution >= 4 is 22.8 Å². The minimum absolute atomic E-state index is 0.0473. The van der Waals surface area contributed by atoms with Crippen molar-refractivity contribution in [2.45, 2.75) is 31.8 Å². The zero-order chi connectivity index (χ0) is 9.42. The van der Waals surface area contributed by atoms with Gasteiger partial charge in [-0.05, 0) is 30.9 Å². The van der Waals surface area contributed by atoms with Gasteiger partial charge >= 0.3 is 5.97 Å². The minimum atomic E-state index is -0.286. The summed E-state index contributed by atoms with van der Waals surface area (Å²) < 4.78 is 5.14. The van der Waals surface area contributed by atoms with Crippen LogP contribution in [0.2, 0.25) is 0 Å². The summed E-state index contributed by atoms with van der Waals surface area (Å²) in [7, 11) is 0. The molecular formula is C9H11ClO3. The fourth-order valence-corrected chi connectivity index (χ4v) is 2.17. The molecule has 0 bridgehead atoms. The second-order valence-electron chi connectivity index (χ2n) is 3.73. The van der Waals surface area contributed by atoms with Gasteiger partial charge in [-0.3, -0.25) is 9.59 Å². The van der Waals surface area contributed by atoms with E-state index in [1.54, 1.807) is 0 Å². The SMILES string of the molecule is O=C1CCC[C@H]([C@H]2C[C@@H]2C(=O)Cl)O1. The highest BCUT2D eigenvalue weighted by molar-refractivity contribution is 6.64. The number of cyclic esters (lactones) is 1. The molecule has 0 amide bonds. The Kier molecular flexibility index (Phi) is 2.28. The van der Waals surface area contributed by atoms with Crippen molar-refractivity contribution < 1.29 is 14.3 Å². The molecule has 0 radical (unpaired) electrons. The molecular weight excluding hydrogens is 192 g/mol. The van der Waals surface area contributed by atoms with Gasteiger partial charge in [0.2, 0.25) is 5.24 Å². The first-order valence-corrected chi connectivity index (χ1v) is 4.95. The molecule has 2 aliphatic rings. The van der Waals surface area contributed by atoms with Gasteiger partial charge in [0.25, 0.3) is 0 Å². The number of hydrogen-bond acceptors (Lipinski definition) is 3. The van der Waals surface area contributed by atoms with Crippen LogP contribution >= 0.6 is 11.6 Å². The molecule has 4 heteroatoms. The summed E-state index contributed by atoms with van der Waals surface area (Å²) in [5.74, 6) is 0.00994. The molecule has 0 aromatic carbocycles. The number of hydrogen-bond donors (Lipinski definition) is 0. The molecule has 2 rings (SSSR count). The molecule has 1 heterocycles. The lowest BCUT2D eigenvalue weighted by Crippen LogP contribution is -2.26. The maximum absolute atomic E-state index is 10.9. The maximum atomic E-state index is 10.9. The zero-order valence-electron chi connectivity index (χ0n) is 7.16. The molecule has 0 unspecified atom stereocenters. The average molecular weight is 203 g/mol. The molecule has 1 saturated carbocycles. The Labute approximate surface area is 81.4 Å². The third kappa shape index (κ3) is 1.85. The molecule has 1 aliphatic carbocycles. The topological polar surface area (TPSA) is 43.4 Å². The van der Waals surface area contributed by atoms with Gasteiger partial charge in [-0.15, -0.1) is 0 Å². The smallest absolute Gasteiger partial charge is 0.306 e. The maximum Gasteiger partial charge on any atom is 0.306 e. The summed E-state index contributed by atoms with van der Waals surface area (Å²) in [5, 5.41) is -0.286. The summed E-state index contributed by atoms with van der Waals surface area (Å²) in [6.07, 6.45) is 3.03. The van der Waals surface area contributed by atoms with Gasteiger partial charge in [-0.1, -0.05) is 0 Å². The van der Waals surface area contributed by atoms with Crippen LogP contribution in [-0.2, 0) is 14.3 Å². The van der Waals surface area contributed by atoms with Crippen LogP contribution in [0.4, 0.5) is 0 Å². The molecule has 3 nitrogen and oxygen atoms in total. The highest BCUT2D eigenvalue weighted by Crippen LogP contribution is 2.46. The van der Waals surface area contributed by atoms with Gasteiger partial charge in [0.1, 0.15) is 6.10 Å². The first kappa shape index (κ1) is 9.00. The predicted octanol–water partition coefficient (Wildman–Crippen LogP) is 1.48. The summed E-state index contributed by atoms with van der Waals surface area (Å²) in [6.45, 7) is 0. The largest absolute Gasteiger partial charge is 0.462 e. The van der Waals surface area contributed by atoms with Crippen molar-refractivity contribution in [2.75, 3.05) is 0 Å². The third-order valence-corrected chi connectivity index (χ3v) is 3.04. The molecule has 13 heavy (non-hydrogen) atoms. The second kappa shape index (κ2) is 3.29. The zero-order valence-corrected chi connectivity index (χ0v) is 7.92. The van der Waals surface area contributed by atoms with Gasteiger partial charge in [0.15, 0.2) is 0 Å². The van der Waals surface area contributed by atoms with E-state index in [0.29, 0.717) is 6.42 Å². The Morgan fingerprint density at radius 2 is 2.31 bits per heavy atom. The van der Waals surface area contributed by atoms with Crippen molar-refractivity contribution in [3.63, 3.8) is 0 Å². The van der Waals surface area contributed by atoms with Crippen molar-refractivity contribution in [3.05, 3.63) is 0 Å². The van der Waals surface area contributed by atoms with Crippen LogP contribution in [0.3, 0.4) is 0 Å². The molecule has 72 valence electrons. The highest BCUT2D eigenvalue weighted by Gasteiger charge is 2.49. The molecule has 0 N–H and O–H groups in total. The lowest BCUT2D eigenvalue weighted by Gasteiger charge is -2.21. The van der Waals surface area contributed by atoms with Crippen molar-refractivity contribution in [3.8, 4) is 0 Å². The van der Waals surface area contributed by atoms with E-state index >= 15 is 0 Å².